The highest BCUT2D eigenvalue weighted by atomic mass is 14.9. The molecule has 0 aromatic carbocycles. The first kappa shape index (κ1) is 10.1. The zero-order valence-corrected chi connectivity index (χ0v) is 7.22. The molecule has 0 saturated carbocycles. The molecule has 0 bridgehead atoms. The molecule has 0 heterocycles. The van der Waals surface area contributed by atoms with Gasteiger partial charge in [-0.3, -0.25) is 0 Å². The first-order valence-corrected chi connectivity index (χ1v) is 3.90. The van der Waals surface area contributed by atoms with Crippen molar-refractivity contribution in [3.8, 4) is 24.7 Å². The minimum Gasteiger partial charge on any atom is -0.300 e. The monoisotopic (exact) mass is 149 g/mol. The standard InChI is InChI=1S/C10H15N/c1-5-8-9(4)11-10(6-2)7-3/h1-2,9-11H,7-8H2,3-4H3. The van der Waals surface area contributed by atoms with Gasteiger partial charge in [0.05, 0.1) is 6.04 Å². The van der Waals surface area contributed by atoms with Crippen LogP contribution >= 0.6 is 0 Å². The Morgan fingerprint density at radius 1 is 1.45 bits per heavy atom. The van der Waals surface area contributed by atoms with Crippen molar-refractivity contribution in [2.75, 3.05) is 0 Å². The van der Waals surface area contributed by atoms with Crippen LogP contribution in [0.25, 0.3) is 0 Å². The van der Waals surface area contributed by atoms with Gasteiger partial charge in [0, 0.05) is 12.5 Å². The van der Waals surface area contributed by atoms with E-state index in [-0.39, 0.29) is 6.04 Å². The Kier molecular flexibility index (Phi) is 5.35. The molecular formula is C10H15N. The van der Waals surface area contributed by atoms with E-state index in [4.69, 9.17) is 12.8 Å². The van der Waals surface area contributed by atoms with E-state index in [1.54, 1.807) is 0 Å². The SMILES string of the molecule is C#CCC(C)NC(C#C)CC. The largest absolute Gasteiger partial charge is 0.300 e. The average molecular weight is 149 g/mol. The Balaban J connectivity index is 3.66. The van der Waals surface area contributed by atoms with Crippen molar-refractivity contribution in [1.82, 2.24) is 5.32 Å². The Morgan fingerprint density at radius 3 is 2.45 bits per heavy atom. The molecule has 0 saturated heterocycles. The lowest BCUT2D eigenvalue weighted by Crippen LogP contribution is -2.34. The second-order valence-corrected chi connectivity index (χ2v) is 2.60. The predicted octanol–water partition coefficient (Wildman–Crippen LogP) is 1.40. The van der Waals surface area contributed by atoms with Crippen LogP contribution in [0.3, 0.4) is 0 Å². The van der Waals surface area contributed by atoms with E-state index < -0.39 is 0 Å². The third-order valence-electron chi connectivity index (χ3n) is 1.52. The fourth-order valence-electron chi connectivity index (χ4n) is 0.863. The summed E-state index contributed by atoms with van der Waals surface area (Å²) < 4.78 is 0. The van der Waals surface area contributed by atoms with E-state index in [9.17, 15) is 0 Å². The summed E-state index contributed by atoms with van der Waals surface area (Å²) in [6.45, 7) is 4.10. The lowest BCUT2D eigenvalue weighted by molar-refractivity contribution is 0.503. The molecule has 0 aromatic heterocycles. The van der Waals surface area contributed by atoms with Gasteiger partial charge in [-0.1, -0.05) is 12.8 Å². The molecule has 60 valence electrons. The van der Waals surface area contributed by atoms with E-state index in [1.807, 2.05) is 6.92 Å². The van der Waals surface area contributed by atoms with E-state index >= 15 is 0 Å². The number of hydrogen-bond donors (Lipinski definition) is 1. The van der Waals surface area contributed by atoms with Crippen molar-refractivity contribution in [3.05, 3.63) is 0 Å². The highest BCUT2D eigenvalue weighted by Gasteiger charge is 2.04. The van der Waals surface area contributed by atoms with Crippen LogP contribution in [0.1, 0.15) is 26.7 Å². The van der Waals surface area contributed by atoms with Crippen molar-refractivity contribution in [2.24, 2.45) is 0 Å². The molecule has 2 unspecified atom stereocenters. The van der Waals surface area contributed by atoms with Crippen LogP contribution in [0.15, 0.2) is 0 Å². The van der Waals surface area contributed by atoms with Crippen LogP contribution in [-0.2, 0) is 0 Å². The second-order valence-electron chi connectivity index (χ2n) is 2.60. The number of terminal acetylenes is 2. The number of rotatable bonds is 4. The Bertz CT molecular complexity index is 170. The highest BCUT2D eigenvalue weighted by molar-refractivity contribution is 5.00. The Labute approximate surface area is 69.6 Å². The van der Waals surface area contributed by atoms with Gasteiger partial charge in [-0.2, -0.15) is 0 Å². The number of hydrogen-bond acceptors (Lipinski definition) is 1. The second kappa shape index (κ2) is 5.83. The van der Waals surface area contributed by atoms with Crippen LogP contribution in [0, 0.1) is 24.7 Å². The van der Waals surface area contributed by atoms with Crippen LogP contribution in [0.5, 0.6) is 0 Å². The first-order valence-electron chi connectivity index (χ1n) is 3.90. The van der Waals surface area contributed by atoms with Crippen LogP contribution in [-0.4, -0.2) is 12.1 Å². The van der Waals surface area contributed by atoms with Gasteiger partial charge in [0.25, 0.3) is 0 Å². The molecule has 0 aromatic rings. The molecule has 0 radical (unpaired) electrons. The number of nitrogens with one attached hydrogen (secondary N) is 1. The lowest BCUT2D eigenvalue weighted by atomic mass is 10.2. The maximum Gasteiger partial charge on any atom is 0.0686 e. The maximum absolute atomic E-state index is 5.26. The van der Waals surface area contributed by atoms with Crippen molar-refractivity contribution in [3.63, 3.8) is 0 Å². The van der Waals surface area contributed by atoms with Gasteiger partial charge in [0.15, 0.2) is 0 Å². The van der Waals surface area contributed by atoms with Gasteiger partial charge >= 0.3 is 0 Å². The predicted molar refractivity (Wildman–Crippen MR) is 49.0 cm³/mol. The maximum atomic E-state index is 5.26. The molecule has 1 heteroatoms. The molecule has 0 aliphatic carbocycles. The Hall–Kier alpha value is -0.920. The summed E-state index contributed by atoms with van der Waals surface area (Å²) in [6, 6.07) is 0.486. The summed E-state index contributed by atoms with van der Waals surface area (Å²) in [5.74, 6) is 5.25. The molecule has 2 atom stereocenters. The Morgan fingerprint density at radius 2 is 2.09 bits per heavy atom. The van der Waals surface area contributed by atoms with Crippen molar-refractivity contribution < 1.29 is 0 Å². The molecule has 0 fully saturated rings. The summed E-state index contributed by atoms with van der Waals surface area (Å²) in [4.78, 5) is 0. The summed E-state index contributed by atoms with van der Waals surface area (Å²) in [5.41, 5.74) is 0. The average Bonchev–Trinajstić information content (AvgIpc) is 2.01. The topological polar surface area (TPSA) is 12.0 Å². The first-order chi connectivity index (χ1) is 5.24. The molecule has 11 heavy (non-hydrogen) atoms. The summed E-state index contributed by atoms with van der Waals surface area (Å²) in [7, 11) is 0. The minimum atomic E-state index is 0.165. The lowest BCUT2D eigenvalue weighted by Gasteiger charge is -2.15. The third-order valence-corrected chi connectivity index (χ3v) is 1.52. The quantitative estimate of drug-likeness (QED) is 0.596. The summed E-state index contributed by atoms with van der Waals surface area (Å²) in [5, 5.41) is 3.24. The fourth-order valence-corrected chi connectivity index (χ4v) is 0.863. The molecule has 0 rings (SSSR count). The van der Waals surface area contributed by atoms with Crippen LogP contribution < -0.4 is 5.32 Å². The smallest absolute Gasteiger partial charge is 0.0686 e. The molecular weight excluding hydrogens is 134 g/mol. The van der Waals surface area contributed by atoms with Gasteiger partial charge in [-0.05, 0) is 13.3 Å². The summed E-state index contributed by atoms with van der Waals surface area (Å²) >= 11 is 0. The van der Waals surface area contributed by atoms with E-state index in [0.29, 0.717) is 6.04 Å². The van der Waals surface area contributed by atoms with Gasteiger partial charge < -0.3 is 5.32 Å². The van der Waals surface area contributed by atoms with Crippen LogP contribution in [0.4, 0.5) is 0 Å². The minimum absolute atomic E-state index is 0.165. The zero-order chi connectivity index (χ0) is 8.69. The van der Waals surface area contributed by atoms with Gasteiger partial charge in [0.2, 0.25) is 0 Å². The zero-order valence-electron chi connectivity index (χ0n) is 7.22. The van der Waals surface area contributed by atoms with Crippen molar-refractivity contribution in [2.45, 2.75) is 38.8 Å². The molecule has 1 nitrogen and oxygen atoms in total. The van der Waals surface area contributed by atoms with Crippen molar-refractivity contribution >= 4 is 0 Å². The van der Waals surface area contributed by atoms with E-state index in [0.717, 1.165) is 12.8 Å². The van der Waals surface area contributed by atoms with Gasteiger partial charge in [0.1, 0.15) is 0 Å². The molecule has 1 N–H and O–H groups in total. The highest BCUT2D eigenvalue weighted by Crippen LogP contribution is 1.94. The van der Waals surface area contributed by atoms with Crippen LogP contribution in [0.2, 0.25) is 0 Å². The van der Waals surface area contributed by atoms with E-state index in [2.05, 4.69) is 24.1 Å². The normalized spacial score (nSPS) is 14.5. The van der Waals surface area contributed by atoms with Gasteiger partial charge in [-0.15, -0.1) is 18.8 Å². The molecule has 0 aliphatic rings. The third kappa shape index (κ3) is 4.48. The fraction of sp³-hybridized carbons (Fsp3) is 0.600. The summed E-state index contributed by atoms with van der Waals surface area (Å²) in [6.07, 6.45) is 12.1. The van der Waals surface area contributed by atoms with Gasteiger partial charge in [-0.25, -0.2) is 0 Å². The molecule has 0 spiro atoms. The van der Waals surface area contributed by atoms with E-state index in [1.165, 1.54) is 0 Å². The molecule has 0 aliphatic heterocycles. The van der Waals surface area contributed by atoms with Crippen molar-refractivity contribution in [1.29, 1.82) is 0 Å². The molecule has 0 amide bonds.